The second kappa shape index (κ2) is 4.35. The van der Waals surface area contributed by atoms with Crippen LogP contribution in [0.25, 0.3) is 0 Å². The molecule has 1 aromatic carbocycles. The molecular formula is C9H11NO3. The third kappa shape index (κ3) is 3.02. The van der Waals surface area contributed by atoms with Gasteiger partial charge in [0, 0.05) is 6.54 Å². The molecular weight excluding hydrogens is 170 g/mol. The Morgan fingerprint density at radius 1 is 1.46 bits per heavy atom. The Kier molecular flexibility index (Phi) is 3.14. The number of benzene rings is 1. The third-order valence-electron chi connectivity index (χ3n) is 1.37. The summed E-state index contributed by atoms with van der Waals surface area (Å²) in [6, 6.07) is 5.94. The Hall–Kier alpha value is -1.71. The van der Waals surface area contributed by atoms with Gasteiger partial charge in [0.15, 0.2) is 0 Å². The normalized spacial score (nSPS) is 9.31. The number of phenolic OH excluding ortho intramolecular Hbond substituents is 1. The van der Waals surface area contributed by atoms with Crippen molar-refractivity contribution in [2.75, 3.05) is 6.54 Å². The van der Waals surface area contributed by atoms with Crippen LogP contribution >= 0.6 is 0 Å². The third-order valence-corrected chi connectivity index (χ3v) is 1.37. The topological polar surface area (TPSA) is 58.6 Å². The van der Waals surface area contributed by atoms with Crippen LogP contribution in [-0.2, 0) is 0 Å². The van der Waals surface area contributed by atoms with Crippen molar-refractivity contribution in [3.05, 3.63) is 24.3 Å². The molecule has 4 nitrogen and oxygen atoms in total. The van der Waals surface area contributed by atoms with Gasteiger partial charge in [-0.05, 0) is 31.2 Å². The van der Waals surface area contributed by atoms with Crippen molar-refractivity contribution in [1.29, 1.82) is 0 Å². The van der Waals surface area contributed by atoms with Gasteiger partial charge in [-0.3, -0.25) is 0 Å². The number of amides is 1. The van der Waals surface area contributed by atoms with E-state index < -0.39 is 6.09 Å². The van der Waals surface area contributed by atoms with Crippen molar-refractivity contribution >= 4 is 6.09 Å². The van der Waals surface area contributed by atoms with E-state index in [1.54, 1.807) is 6.92 Å². The van der Waals surface area contributed by atoms with Crippen LogP contribution in [0.15, 0.2) is 24.3 Å². The van der Waals surface area contributed by atoms with Gasteiger partial charge in [-0.1, -0.05) is 0 Å². The predicted molar refractivity (Wildman–Crippen MR) is 47.8 cm³/mol. The summed E-state index contributed by atoms with van der Waals surface area (Å²) in [5.74, 6) is 0.548. The molecule has 0 spiro atoms. The highest BCUT2D eigenvalue weighted by Crippen LogP contribution is 2.15. The van der Waals surface area contributed by atoms with Gasteiger partial charge in [-0.2, -0.15) is 0 Å². The number of aromatic hydroxyl groups is 1. The molecule has 13 heavy (non-hydrogen) atoms. The standard InChI is InChI=1S/C9H11NO3/c1-2-10-9(12)13-8-5-3-7(11)4-6-8/h3-6,11H,2H2,1H3,(H,10,12). The fraction of sp³-hybridized carbons (Fsp3) is 0.222. The van der Waals surface area contributed by atoms with Crippen LogP contribution in [-0.4, -0.2) is 17.7 Å². The van der Waals surface area contributed by atoms with Gasteiger partial charge in [-0.15, -0.1) is 0 Å². The summed E-state index contributed by atoms with van der Waals surface area (Å²) in [5, 5.41) is 11.4. The number of hydrogen-bond donors (Lipinski definition) is 2. The largest absolute Gasteiger partial charge is 0.508 e. The highest BCUT2D eigenvalue weighted by molar-refractivity contribution is 5.70. The molecule has 0 aliphatic carbocycles. The van der Waals surface area contributed by atoms with Crippen molar-refractivity contribution in [3.8, 4) is 11.5 Å². The summed E-state index contributed by atoms with van der Waals surface area (Å²) in [7, 11) is 0. The van der Waals surface area contributed by atoms with Gasteiger partial charge >= 0.3 is 6.09 Å². The molecule has 0 fully saturated rings. The van der Waals surface area contributed by atoms with E-state index in [2.05, 4.69) is 5.32 Å². The molecule has 0 aromatic heterocycles. The van der Waals surface area contributed by atoms with E-state index in [4.69, 9.17) is 9.84 Å². The number of phenols is 1. The maximum Gasteiger partial charge on any atom is 0.412 e. The lowest BCUT2D eigenvalue weighted by molar-refractivity contribution is 0.201. The van der Waals surface area contributed by atoms with Crippen LogP contribution in [0.3, 0.4) is 0 Å². The van der Waals surface area contributed by atoms with Crippen LogP contribution in [0, 0.1) is 0 Å². The Balaban J connectivity index is 2.54. The van der Waals surface area contributed by atoms with Crippen LogP contribution in [0.2, 0.25) is 0 Å². The van der Waals surface area contributed by atoms with Crippen molar-refractivity contribution in [2.45, 2.75) is 6.92 Å². The van der Waals surface area contributed by atoms with E-state index in [9.17, 15) is 4.79 Å². The molecule has 70 valence electrons. The monoisotopic (exact) mass is 181 g/mol. The molecule has 0 atom stereocenters. The van der Waals surface area contributed by atoms with E-state index in [-0.39, 0.29) is 5.75 Å². The molecule has 1 amide bonds. The van der Waals surface area contributed by atoms with Crippen molar-refractivity contribution in [3.63, 3.8) is 0 Å². The molecule has 0 radical (unpaired) electrons. The first kappa shape index (κ1) is 9.38. The van der Waals surface area contributed by atoms with Crippen molar-refractivity contribution < 1.29 is 14.6 Å². The maximum atomic E-state index is 10.9. The lowest BCUT2D eigenvalue weighted by Gasteiger charge is -2.03. The number of hydrogen-bond acceptors (Lipinski definition) is 3. The minimum absolute atomic E-state index is 0.142. The van der Waals surface area contributed by atoms with Crippen molar-refractivity contribution in [1.82, 2.24) is 5.32 Å². The maximum absolute atomic E-state index is 10.9. The molecule has 0 bridgehead atoms. The average Bonchev–Trinajstić information content (AvgIpc) is 2.09. The Morgan fingerprint density at radius 3 is 2.62 bits per heavy atom. The highest BCUT2D eigenvalue weighted by atomic mass is 16.6. The number of rotatable bonds is 2. The molecule has 1 rings (SSSR count). The zero-order valence-corrected chi connectivity index (χ0v) is 7.28. The van der Waals surface area contributed by atoms with Crippen molar-refractivity contribution in [2.24, 2.45) is 0 Å². The van der Waals surface area contributed by atoms with Crippen LogP contribution in [0.1, 0.15) is 6.92 Å². The molecule has 0 saturated heterocycles. The lowest BCUT2D eigenvalue weighted by Crippen LogP contribution is -2.26. The van der Waals surface area contributed by atoms with E-state index >= 15 is 0 Å². The lowest BCUT2D eigenvalue weighted by atomic mass is 10.3. The smallest absolute Gasteiger partial charge is 0.412 e. The summed E-state index contributed by atoms with van der Waals surface area (Å²) in [6.45, 7) is 2.33. The molecule has 1 aromatic rings. The first-order chi connectivity index (χ1) is 6.22. The molecule has 0 heterocycles. The second-order valence-electron chi connectivity index (χ2n) is 2.41. The summed E-state index contributed by atoms with van der Waals surface area (Å²) in [5.41, 5.74) is 0. The fourth-order valence-electron chi connectivity index (χ4n) is 0.802. The SMILES string of the molecule is CCNC(=O)Oc1ccc(O)cc1. The average molecular weight is 181 g/mol. The molecule has 0 unspecified atom stereocenters. The summed E-state index contributed by atoms with van der Waals surface area (Å²) >= 11 is 0. The van der Waals surface area contributed by atoms with Crippen LogP contribution in [0.5, 0.6) is 11.5 Å². The number of nitrogens with one attached hydrogen (secondary N) is 1. The molecule has 2 N–H and O–H groups in total. The van der Waals surface area contributed by atoms with Gasteiger partial charge in [0.05, 0.1) is 0 Å². The first-order valence-corrected chi connectivity index (χ1v) is 3.97. The van der Waals surface area contributed by atoms with E-state index in [1.807, 2.05) is 0 Å². The van der Waals surface area contributed by atoms with Gasteiger partial charge in [0.2, 0.25) is 0 Å². The minimum atomic E-state index is -0.492. The summed E-state index contributed by atoms with van der Waals surface area (Å²) < 4.78 is 4.85. The zero-order chi connectivity index (χ0) is 9.68. The van der Waals surface area contributed by atoms with Gasteiger partial charge in [-0.25, -0.2) is 4.79 Å². The Bertz CT molecular complexity index is 281. The highest BCUT2D eigenvalue weighted by Gasteiger charge is 2.01. The summed E-state index contributed by atoms with van der Waals surface area (Å²) in [6.07, 6.45) is -0.492. The first-order valence-electron chi connectivity index (χ1n) is 3.97. The number of ether oxygens (including phenoxy) is 1. The quantitative estimate of drug-likeness (QED) is 0.726. The van der Waals surface area contributed by atoms with Crippen LogP contribution < -0.4 is 10.1 Å². The fourth-order valence-corrected chi connectivity index (χ4v) is 0.802. The molecule has 0 saturated carbocycles. The predicted octanol–water partition coefficient (Wildman–Crippen LogP) is 1.50. The Morgan fingerprint density at radius 2 is 2.08 bits per heavy atom. The number of carbonyl (C=O) groups is 1. The van der Waals surface area contributed by atoms with Crippen LogP contribution in [0.4, 0.5) is 4.79 Å². The zero-order valence-electron chi connectivity index (χ0n) is 7.28. The number of carbonyl (C=O) groups excluding carboxylic acids is 1. The van der Waals surface area contributed by atoms with Gasteiger partial charge in [0.1, 0.15) is 11.5 Å². The molecule has 0 aliphatic heterocycles. The van der Waals surface area contributed by atoms with Gasteiger partial charge < -0.3 is 15.2 Å². The molecule has 4 heteroatoms. The minimum Gasteiger partial charge on any atom is -0.508 e. The second-order valence-corrected chi connectivity index (χ2v) is 2.41. The summed E-state index contributed by atoms with van der Waals surface area (Å²) in [4.78, 5) is 10.9. The molecule has 0 aliphatic rings. The van der Waals surface area contributed by atoms with Gasteiger partial charge in [0.25, 0.3) is 0 Å². The van der Waals surface area contributed by atoms with E-state index in [0.29, 0.717) is 12.3 Å². The van der Waals surface area contributed by atoms with E-state index in [0.717, 1.165) is 0 Å². The van der Waals surface area contributed by atoms with E-state index in [1.165, 1.54) is 24.3 Å². The Labute approximate surface area is 76.1 Å².